The predicted molar refractivity (Wildman–Crippen MR) is 90.9 cm³/mol. The summed E-state index contributed by atoms with van der Waals surface area (Å²) in [5.74, 6) is 0.372. The first kappa shape index (κ1) is 18.2. The normalized spacial score (nSPS) is 19.7. The molecule has 1 aromatic heterocycles. The van der Waals surface area contributed by atoms with Crippen molar-refractivity contribution in [2.45, 2.75) is 37.8 Å². The Kier molecular flexibility index (Phi) is 5.32. The Hall–Kier alpha value is -1.19. The predicted octanol–water partition coefficient (Wildman–Crippen LogP) is 1.17. The highest BCUT2D eigenvalue weighted by Gasteiger charge is 2.26. The van der Waals surface area contributed by atoms with Crippen molar-refractivity contribution < 1.29 is 13.2 Å². The molecular formula is C14H24N4O3S2. The largest absolute Gasteiger partial charge is 0.355 e. The van der Waals surface area contributed by atoms with Gasteiger partial charge in [0.15, 0.2) is 9.34 Å². The van der Waals surface area contributed by atoms with Gasteiger partial charge in [-0.15, -0.1) is 0 Å². The van der Waals surface area contributed by atoms with E-state index in [9.17, 15) is 13.2 Å². The van der Waals surface area contributed by atoms with Crippen LogP contribution in [-0.2, 0) is 14.8 Å². The molecule has 1 saturated heterocycles. The molecule has 1 aliphatic heterocycles. The fraction of sp³-hybridized carbons (Fsp3) is 0.714. The van der Waals surface area contributed by atoms with Crippen molar-refractivity contribution in [1.82, 2.24) is 10.3 Å². The monoisotopic (exact) mass is 360 g/mol. The average molecular weight is 361 g/mol. The summed E-state index contributed by atoms with van der Waals surface area (Å²) in [6.45, 7) is 7.88. The van der Waals surface area contributed by atoms with Crippen molar-refractivity contribution in [3.63, 3.8) is 0 Å². The number of anilines is 1. The van der Waals surface area contributed by atoms with Gasteiger partial charge in [-0.05, 0) is 18.8 Å². The van der Waals surface area contributed by atoms with Crippen LogP contribution in [-0.4, -0.2) is 38.9 Å². The lowest BCUT2D eigenvalue weighted by Crippen LogP contribution is -2.43. The molecule has 1 atom stereocenters. The number of hydrogen-bond acceptors (Lipinski definition) is 6. The van der Waals surface area contributed by atoms with E-state index in [1.54, 1.807) is 0 Å². The number of nitrogens with two attached hydrogens (primary N) is 1. The highest BCUT2D eigenvalue weighted by Crippen LogP contribution is 2.29. The van der Waals surface area contributed by atoms with E-state index in [1.165, 1.54) is 6.20 Å². The molecule has 0 bridgehead atoms. The summed E-state index contributed by atoms with van der Waals surface area (Å²) in [5, 5.41) is 8.79. The Morgan fingerprint density at radius 3 is 2.78 bits per heavy atom. The van der Waals surface area contributed by atoms with Gasteiger partial charge in [-0.2, -0.15) is 0 Å². The molecule has 1 aromatic rings. The average Bonchev–Trinajstić information content (AvgIpc) is 2.94. The summed E-state index contributed by atoms with van der Waals surface area (Å²) in [5.41, 5.74) is -0.395. The van der Waals surface area contributed by atoms with E-state index in [0.717, 1.165) is 37.3 Å². The Morgan fingerprint density at radius 2 is 2.22 bits per heavy atom. The third-order valence-electron chi connectivity index (χ3n) is 3.77. The van der Waals surface area contributed by atoms with E-state index in [4.69, 9.17) is 5.14 Å². The van der Waals surface area contributed by atoms with Crippen LogP contribution in [0.1, 0.15) is 33.6 Å². The van der Waals surface area contributed by atoms with Crippen LogP contribution in [0.5, 0.6) is 0 Å². The second kappa shape index (κ2) is 6.74. The number of hydrogen-bond donors (Lipinski definition) is 2. The highest BCUT2D eigenvalue weighted by molar-refractivity contribution is 7.91. The lowest BCUT2D eigenvalue weighted by molar-refractivity contribution is -0.128. The molecule has 1 fully saturated rings. The number of nitrogens with one attached hydrogen (secondary N) is 1. The molecular weight excluding hydrogens is 336 g/mol. The van der Waals surface area contributed by atoms with Gasteiger partial charge in [0.25, 0.3) is 0 Å². The quantitative estimate of drug-likeness (QED) is 0.838. The number of aromatic nitrogens is 1. The van der Waals surface area contributed by atoms with Crippen LogP contribution in [0.3, 0.4) is 0 Å². The van der Waals surface area contributed by atoms with E-state index >= 15 is 0 Å². The molecule has 9 heteroatoms. The van der Waals surface area contributed by atoms with Gasteiger partial charge < -0.3 is 10.2 Å². The van der Waals surface area contributed by atoms with Gasteiger partial charge in [0.05, 0.1) is 6.20 Å². The summed E-state index contributed by atoms with van der Waals surface area (Å²) >= 11 is 1.09. The molecule has 1 unspecified atom stereocenters. The van der Waals surface area contributed by atoms with Crippen LogP contribution in [0.4, 0.5) is 5.13 Å². The molecule has 1 aliphatic rings. The molecule has 0 saturated carbocycles. The summed E-state index contributed by atoms with van der Waals surface area (Å²) in [4.78, 5) is 18.2. The number of piperidine rings is 1. The number of carbonyl (C=O) groups excluding carboxylic acids is 1. The number of amides is 1. The maximum Gasteiger partial charge on any atom is 0.249 e. The van der Waals surface area contributed by atoms with E-state index in [-0.39, 0.29) is 10.1 Å². The first-order chi connectivity index (χ1) is 10.6. The lowest BCUT2D eigenvalue weighted by Gasteiger charge is -2.33. The Labute approximate surface area is 141 Å². The molecule has 2 heterocycles. The van der Waals surface area contributed by atoms with Crippen molar-refractivity contribution in [1.29, 1.82) is 0 Å². The molecule has 2 rings (SSSR count). The first-order valence-corrected chi connectivity index (χ1v) is 9.95. The smallest absolute Gasteiger partial charge is 0.249 e. The van der Waals surface area contributed by atoms with Crippen molar-refractivity contribution in [2.24, 2.45) is 16.5 Å². The van der Waals surface area contributed by atoms with Crippen LogP contribution < -0.4 is 15.4 Å². The number of carbonyl (C=O) groups is 1. The lowest BCUT2D eigenvalue weighted by atomic mass is 9.94. The number of nitrogens with zero attached hydrogens (tertiary/aromatic N) is 2. The minimum absolute atomic E-state index is 0.0420. The minimum atomic E-state index is -3.70. The number of thiazole rings is 1. The van der Waals surface area contributed by atoms with E-state index in [1.807, 2.05) is 20.8 Å². The minimum Gasteiger partial charge on any atom is -0.355 e. The van der Waals surface area contributed by atoms with Crippen LogP contribution in [0, 0.1) is 11.3 Å². The van der Waals surface area contributed by atoms with Gasteiger partial charge in [-0.1, -0.05) is 32.1 Å². The zero-order chi connectivity index (χ0) is 17.3. The second-order valence-electron chi connectivity index (χ2n) is 6.92. The van der Waals surface area contributed by atoms with Gasteiger partial charge >= 0.3 is 0 Å². The second-order valence-corrected chi connectivity index (χ2v) is 9.72. The van der Waals surface area contributed by atoms with Crippen LogP contribution in [0.15, 0.2) is 10.4 Å². The maximum absolute atomic E-state index is 12.0. The summed E-state index contributed by atoms with van der Waals surface area (Å²) in [7, 11) is -3.70. The molecule has 7 nitrogen and oxygen atoms in total. The highest BCUT2D eigenvalue weighted by atomic mass is 32.2. The molecule has 0 aromatic carbocycles. The van der Waals surface area contributed by atoms with Gasteiger partial charge in [0, 0.05) is 25.0 Å². The number of sulfonamides is 1. The van der Waals surface area contributed by atoms with Gasteiger partial charge in [-0.25, -0.2) is 18.5 Å². The molecule has 0 radical (unpaired) electrons. The Bertz CT molecular complexity index is 664. The number of primary sulfonamides is 1. The fourth-order valence-corrected chi connectivity index (χ4v) is 4.01. The topological polar surface area (TPSA) is 105 Å². The van der Waals surface area contributed by atoms with E-state index in [2.05, 4.69) is 15.2 Å². The van der Waals surface area contributed by atoms with Crippen LogP contribution in [0.25, 0.3) is 0 Å². The summed E-state index contributed by atoms with van der Waals surface area (Å²) in [6.07, 6.45) is 3.33. The van der Waals surface area contributed by atoms with Crippen LogP contribution >= 0.6 is 11.3 Å². The van der Waals surface area contributed by atoms with Gasteiger partial charge in [0.2, 0.25) is 15.9 Å². The number of rotatable bonds is 4. The van der Waals surface area contributed by atoms with Crippen molar-refractivity contribution in [3.8, 4) is 0 Å². The zero-order valence-corrected chi connectivity index (χ0v) is 15.3. The van der Waals surface area contributed by atoms with Crippen molar-refractivity contribution in [2.75, 3.05) is 24.5 Å². The molecule has 1 amide bonds. The molecule has 23 heavy (non-hydrogen) atoms. The first-order valence-electron chi connectivity index (χ1n) is 7.59. The SMILES string of the molecule is CC(C)(C)C(=O)NCC1CCCN(c2ncc(S(N)(=O)=O)s2)C1. The zero-order valence-electron chi connectivity index (χ0n) is 13.7. The van der Waals surface area contributed by atoms with Crippen LogP contribution in [0.2, 0.25) is 0 Å². The molecule has 0 aliphatic carbocycles. The fourth-order valence-electron chi connectivity index (χ4n) is 2.44. The van der Waals surface area contributed by atoms with Crippen molar-refractivity contribution in [3.05, 3.63) is 6.20 Å². The summed E-state index contributed by atoms with van der Waals surface area (Å²) < 4.78 is 22.8. The molecule has 0 spiro atoms. The Balaban J connectivity index is 1.96. The van der Waals surface area contributed by atoms with Gasteiger partial charge in [0.1, 0.15) is 0 Å². The Morgan fingerprint density at radius 1 is 1.52 bits per heavy atom. The maximum atomic E-state index is 12.0. The van der Waals surface area contributed by atoms with E-state index < -0.39 is 15.4 Å². The molecule has 3 N–H and O–H groups in total. The van der Waals surface area contributed by atoms with E-state index in [0.29, 0.717) is 17.6 Å². The molecule has 130 valence electrons. The van der Waals surface area contributed by atoms with Crippen molar-refractivity contribution >= 4 is 32.4 Å². The summed E-state index contributed by atoms with van der Waals surface area (Å²) in [6, 6.07) is 0. The third kappa shape index (κ3) is 4.89. The third-order valence-corrected chi connectivity index (χ3v) is 6.24. The standard InChI is InChI=1S/C14H24N4O3S2/c1-14(2,3)12(19)16-7-10-5-4-6-18(9-10)13-17-8-11(22-13)23(15,20)21/h8,10H,4-7,9H2,1-3H3,(H,16,19)(H2,15,20,21). The van der Waals surface area contributed by atoms with Gasteiger partial charge in [-0.3, -0.25) is 4.79 Å².